The first-order chi connectivity index (χ1) is 12.7. The molecular formula is C21H28N2O3. The number of carbonyl (C=O) groups is 1. The Bertz CT molecular complexity index is 644. The molecule has 0 aliphatic heterocycles. The van der Waals surface area contributed by atoms with E-state index in [2.05, 4.69) is 22.8 Å². The van der Waals surface area contributed by atoms with Crippen LogP contribution in [0.25, 0.3) is 0 Å². The summed E-state index contributed by atoms with van der Waals surface area (Å²) in [5.41, 5.74) is 1.79. The number of nitrogens with one attached hydrogen (secondary N) is 2. The van der Waals surface area contributed by atoms with E-state index in [0.717, 1.165) is 25.9 Å². The van der Waals surface area contributed by atoms with Crippen LogP contribution >= 0.6 is 0 Å². The number of rotatable bonds is 11. The Morgan fingerprint density at radius 2 is 1.73 bits per heavy atom. The van der Waals surface area contributed by atoms with Crippen LogP contribution in [0.15, 0.2) is 54.6 Å². The van der Waals surface area contributed by atoms with E-state index >= 15 is 0 Å². The zero-order chi connectivity index (χ0) is 18.6. The lowest BCUT2D eigenvalue weighted by Crippen LogP contribution is -2.30. The maximum absolute atomic E-state index is 12.1. The molecule has 26 heavy (non-hydrogen) atoms. The second kappa shape index (κ2) is 11.3. The number of aromatic hydroxyl groups is 1. The van der Waals surface area contributed by atoms with Gasteiger partial charge >= 0.3 is 0 Å². The molecular weight excluding hydrogens is 328 g/mol. The van der Waals surface area contributed by atoms with Crippen LogP contribution in [0.2, 0.25) is 0 Å². The van der Waals surface area contributed by atoms with E-state index in [9.17, 15) is 15.0 Å². The fourth-order valence-electron chi connectivity index (χ4n) is 2.83. The van der Waals surface area contributed by atoms with Crippen molar-refractivity contribution in [2.45, 2.75) is 25.8 Å². The molecule has 1 amide bonds. The number of carbonyl (C=O) groups excluding carboxylic acids is 1. The van der Waals surface area contributed by atoms with E-state index in [-0.39, 0.29) is 24.2 Å². The third kappa shape index (κ3) is 7.25. The van der Waals surface area contributed by atoms with Gasteiger partial charge in [-0.15, -0.1) is 0 Å². The van der Waals surface area contributed by atoms with Crippen molar-refractivity contribution in [1.29, 1.82) is 0 Å². The highest BCUT2D eigenvalue weighted by molar-refractivity contribution is 5.94. The number of benzene rings is 2. The lowest BCUT2D eigenvalue weighted by Gasteiger charge is -2.17. The van der Waals surface area contributed by atoms with E-state index in [1.807, 2.05) is 18.2 Å². The summed E-state index contributed by atoms with van der Waals surface area (Å²) in [5.74, 6) is 0.234. The van der Waals surface area contributed by atoms with Crippen molar-refractivity contribution in [2.24, 2.45) is 5.92 Å². The van der Waals surface area contributed by atoms with Crippen molar-refractivity contribution in [2.75, 3.05) is 19.7 Å². The molecule has 5 heteroatoms. The van der Waals surface area contributed by atoms with Crippen LogP contribution in [0.5, 0.6) is 5.75 Å². The molecule has 1 unspecified atom stereocenters. The van der Waals surface area contributed by atoms with E-state index in [1.54, 1.807) is 12.1 Å². The molecule has 2 aromatic carbocycles. The van der Waals surface area contributed by atoms with Gasteiger partial charge < -0.3 is 20.8 Å². The summed E-state index contributed by atoms with van der Waals surface area (Å²) in [6.07, 6.45) is 2.61. The predicted molar refractivity (Wildman–Crippen MR) is 103 cm³/mol. The van der Waals surface area contributed by atoms with Gasteiger partial charge in [0.1, 0.15) is 5.75 Å². The lowest BCUT2D eigenvalue weighted by molar-refractivity contribution is 0.0942. The van der Waals surface area contributed by atoms with E-state index in [4.69, 9.17) is 0 Å². The molecule has 1 atom stereocenters. The Morgan fingerprint density at radius 1 is 1.00 bits per heavy atom. The van der Waals surface area contributed by atoms with Gasteiger partial charge in [0.25, 0.3) is 5.91 Å². The molecule has 2 aromatic rings. The van der Waals surface area contributed by atoms with Crippen molar-refractivity contribution in [3.63, 3.8) is 0 Å². The first-order valence-corrected chi connectivity index (χ1v) is 9.11. The summed E-state index contributed by atoms with van der Waals surface area (Å²) < 4.78 is 0. The van der Waals surface area contributed by atoms with Gasteiger partial charge in [-0.3, -0.25) is 4.79 Å². The number of phenolic OH excluding ortho intramolecular Hbond substituents is 1. The Morgan fingerprint density at radius 3 is 2.42 bits per heavy atom. The number of aliphatic hydroxyl groups excluding tert-OH is 1. The highest BCUT2D eigenvalue weighted by Gasteiger charge is 2.11. The number of hydrogen-bond donors (Lipinski definition) is 4. The Balaban J connectivity index is 1.67. The summed E-state index contributed by atoms with van der Waals surface area (Å²) in [4.78, 5) is 12.1. The maximum Gasteiger partial charge on any atom is 0.251 e. The number of aliphatic hydroxyl groups is 1. The number of phenols is 1. The number of hydrogen-bond acceptors (Lipinski definition) is 4. The van der Waals surface area contributed by atoms with Gasteiger partial charge in [-0.25, -0.2) is 0 Å². The van der Waals surface area contributed by atoms with Gasteiger partial charge in [-0.05, 0) is 61.6 Å². The summed E-state index contributed by atoms with van der Waals surface area (Å²) in [7, 11) is 0. The molecule has 5 nitrogen and oxygen atoms in total. The van der Waals surface area contributed by atoms with Crippen molar-refractivity contribution < 1.29 is 15.0 Å². The molecule has 0 aromatic heterocycles. The molecule has 0 bridgehead atoms. The number of amides is 1. The molecule has 0 saturated carbocycles. The maximum atomic E-state index is 12.1. The quantitative estimate of drug-likeness (QED) is 0.467. The summed E-state index contributed by atoms with van der Waals surface area (Å²) in [5, 5.41) is 24.9. The molecule has 2 rings (SSSR count). The predicted octanol–water partition coefficient (Wildman–Crippen LogP) is 2.69. The SMILES string of the molecule is O=C(NCC(CCO)CCCNCc1ccccc1)c1ccc(O)cc1. The smallest absolute Gasteiger partial charge is 0.251 e. The van der Waals surface area contributed by atoms with Crippen molar-refractivity contribution in [3.05, 3.63) is 65.7 Å². The minimum Gasteiger partial charge on any atom is -0.508 e. The van der Waals surface area contributed by atoms with Crippen LogP contribution in [0.1, 0.15) is 35.2 Å². The molecule has 0 saturated heterocycles. The first kappa shape index (κ1) is 19.9. The summed E-state index contributed by atoms with van der Waals surface area (Å²) in [6, 6.07) is 16.5. The van der Waals surface area contributed by atoms with Crippen LogP contribution in [-0.4, -0.2) is 35.8 Å². The van der Waals surface area contributed by atoms with Crippen LogP contribution < -0.4 is 10.6 Å². The van der Waals surface area contributed by atoms with E-state index < -0.39 is 0 Å². The van der Waals surface area contributed by atoms with Gasteiger partial charge in [0, 0.05) is 25.3 Å². The summed E-state index contributed by atoms with van der Waals surface area (Å²) in [6.45, 7) is 2.42. The molecule has 0 fully saturated rings. The van der Waals surface area contributed by atoms with E-state index in [1.165, 1.54) is 17.7 Å². The molecule has 0 heterocycles. The average Bonchev–Trinajstić information content (AvgIpc) is 2.67. The second-order valence-corrected chi connectivity index (χ2v) is 6.44. The Kier molecular flexibility index (Phi) is 8.66. The van der Waals surface area contributed by atoms with Gasteiger partial charge in [0.15, 0.2) is 0 Å². The molecule has 0 aliphatic carbocycles. The van der Waals surface area contributed by atoms with Gasteiger partial charge in [0.2, 0.25) is 0 Å². The standard InChI is InChI=1S/C21H28N2O3/c24-14-12-18(7-4-13-22-15-17-5-2-1-3-6-17)16-23-21(26)19-8-10-20(25)11-9-19/h1-3,5-6,8-11,18,22,24-25H,4,7,12-16H2,(H,23,26). The monoisotopic (exact) mass is 356 g/mol. The highest BCUT2D eigenvalue weighted by Crippen LogP contribution is 2.12. The third-order valence-corrected chi connectivity index (χ3v) is 4.36. The molecule has 4 N–H and O–H groups in total. The zero-order valence-corrected chi connectivity index (χ0v) is 15.0. The molecule has 0 spiro atoms. The van der Waals surface area contributed by atoms with Crippen molar-refractivity contribution >= 4 is 5.91 Å². The van der Waals surface area contributed by atoms with E-state index in [0.29, 0.717) is 18.5 Å². The van der Waals surface area contributed by atoms with Crippen LogP contribution in [-0.2, 0) is 6.54 Å². The Labute approximate surface area is 155 Å². The minimum atomic E-state index is -0.157. The first-order valence-electron chi connectivity index (χ1n) is 9.11. The fraction of sp³-hybridized carbons (Fsp3) is 0.381. The van der Waals surface area contributed by atoms with Crippen molar-refractivity contribution in [3.8, 4) is 5.75 Å². The van der Waals surface area contributed by atoms with Crippen molar-refractivity contribution in [1.82, 2.24) is 10.6 Å². The second-order valence-electron chi connectivity index (χ2n) is 6.44. The molecule has 0 radical (unpaired) electrons. The topological polar surface area (TPSA) is 81.6 Å². The average molecular weight is 356 g/mol. The molecule has 140 valence electrons. The van der Waals surface area contributed by atoms with Gasteiger partial charge in [0.05, 0.1) is 0 Å². The minimum absolute atomic E-state index is 0.122. The van der Waals surface area contributed by atoms with Crippen LogP contribution in [0, 0.1) is 5.92 Å². The lowest BCUT2D eigenvalue weighted by atomic mass is 9.99. The highest BCUT2D eigenvalue weighted by atomic mass is 16.3. The third-order valence-electron chi connectivity index (χ3n) is 4.36. The molecule has 0 aliphatic rings. The Hall–Kier alpha value is -2.37. The normalized spacial score (nSPS) is 11.9. The summed E-state index contributed by atoms with van der Waals surface area (Å²) >= 11 is 0. The van der Waals surface area contributed by atoms with Gasteiger partial charge in [-0.2, -0.15) is 0 Å². The fourth-order valence-corrected chi connectivity index (χ4v) is 2.83. The van der Waals surface area contributed by atoms with Crippen LogP contribution in [0.3, 0.4) is 0 Å². The zero-order valence-electron chi connectivity index (χ0n) is 15.0. The largest absolute Gasteiger partial charge is 0.508 e. The van der Waals surface area contributed by atoms with Crippen LogP contribution in [0.4, 0.5) is 0 Å². The van der Waals surface area contributed by atoms with Gasteiger partial charge in [-0.1, -0.05) is 30.3 Å².